The molecule has 2 N–H and O–H groups in total. The van der Waals surface area contributed by atoms with Gasteiger partial charge in [-0.25, -0.2) is 4.79 Å². The van der Waals surface area contributed by atoms with Crippen molar-refractivity contribution in [3.63, 3.8) is 0 Å². The fourth-order valence-corrected chi connectivity index (χ4v) is 5.68. The second kappa shape index (κ2) is 11.8. The van der Waals surface area contributed by atoms with Gasteiger partial charge in [-0.1, -0.05) is 84.7 Å². The quantitative estimate of drug-likeness (QED) is 0.330. The number of nitrogens with one attached hydrogen (secondary N) is 2. The number of ether oxygens (including phenoxy) is 1. The highest BCUT2D eigenvalue weighted by atomic mass is 16.5. The Labute approximate surface area is 221 Å². The van der Waals surface area contributed by atoms with E-state index in [1.165, 1.54) is 39.0 Å². The van der Waals surface area contributed by atoms with E-state index in [0.29, 0.717) is 26.1 Å². The van der Waals surface area contributed by atoms with Crippen molar-refractivity contribution in [3.05, 3.63) is 82.5 Å². The fraction of sp³-hybridized carbons (Fsp3) is 0.438. The predicted octanol–water partition coefficient (Wildman–Crippen LogP) is 6.89. The van der Waals surface area contributed by atoms with Crippen LogP contribution in [0.3, 0.4) is 0 Å². The Morgan fingerprint density at radius 2 is 1.51 bits per heavy atom. The number of carbonyl (C=O) groups excluding carboxylic acids is 2. The minimum Gasteiger partial charge on any atom is -0.449 e. The number of unbranched alkanes of at least 4 members (excludes halogenated alkanes) is 2. The Hall–Kier alpha value is -3.34. The average Bonchev–Trinajstić information content (AvgIpc) is 3.31. The lowest BCUT2D eigenvalue weighted by Crippen LogP contribution is -2.29. The number of carbonyl (C=O) groups is 2. The van der Waals surface area contributed by atoms with Crippen molar-refractivity contribution in [1.29, 1.82) is 0 Å². The standard InChI is InChI=1S/C32H40N2O3/c1-22-20-23(2)32(4,24(22)3)17-19-33-30(35)16-6-5-11-18-34-31(36)37-21-29-27-14-9-7-12-25(27)26-13-8-10-15-28(26)29/h7-10,12-15,20,29H,5-6,11,16-19,21H2,1-4H3,(H,33,35)(H,34,36). The first-order valence-corrected chi connectivity index (χ1v) is 13.5. The van der Waals surface area contributed by atoms with E-state index in [-0.39, 0.29) is 23.3 Å². The lowest BCUT2D eigenvalue weighted by molar-refractivity contribution is -0.121. The minimum atomic E-state index is -0.385. The van der Waals surface area contributed by atoms with E-state index in [0.717, 1.165) is 25.7 Å². The highest BCUT2D eigenvalue weighted by Gasteiger charge is 2.33. The van der Waals surface area contributed by atoms with Gasteiger partial charge >= 0.3 is 6.09 Å². The largest absolute Gasteiger partial charge is 0.449 e. The summed E-state index contributed by atoms with van der Waals surface area (Å²) in [7, 11) is 0. The van der Waals surface area contributed by atoms with Crippen LogP contribution in [0.4, 0.5) is 4.79 Å². The molecule has 2 aromatic rings. The van der Waals surface area contributed by atoms with Crippen molar-refractivity contribution in [2.24, 2.45) is 5.41 Å². The molecule has 0 aromatic heterocycles. The summed E-state index contributed by atoms with van der Waals surface area (Å²) in [6, 6.07) is 16.6. The second-order valence-electron chi connectivity index (χ2n) is 10.6. The normalized spacial score (nSPS) is 18.3. The van der Waals surface area contributed by atoms with Crippen LogP contribution in [-0.2, 0) is 9.53 Å². The first-order chi connectivity index (χ1) is 17.8. The second-order valence-corrected chi connectivity index (χ2v) is 10.6. The summed E-state index contributed by atoms with van der Waals surface area (Å²) in [6.45, 7) is 10.4. The molecule has 0 saturated carbocycles. The molecular formula is C32H40N2O3. The molecule has 5 nitrogen and oxygen atoms in total. The van der Waals surface area contributed by atoms with E-state index in [1.807, 2.05) is 24.3 Å². The summed E-state index contributed by atoms with van der Waals surface area (Å²) in [4.78, 5) is 24.5. The van der Waals surface area contributed by atoms with Gasteiger partial charge in [-0.05, 0) is 62.3 Å². The lowest BCUT2D eigenvalue weighted by Gasteiger charge is -2.29. The molecule has 0 aliphatic heterocycles. The van der Waals surface area contributed by atoms with Gasteiger partial charge < -0.3 is 15.4 Å². The first-order valence-electron chi connectivity index (χ1n) is 13.5. The average molecular weight is 501 g/mol. The van der Waals surface area contributed by atoms with Crippen LogP contribution in [0.15, 0.2) is 71.3 Å². The van der Waals surface area contributed by atoms with Gasteiger partial charge in [0.1, 0.15) is 6.61 Å². The summed E-state index contributed by atoms with van der Waals surface area (Å²) in [5, 5.41) is 5.93. The smallest absolute Gasteiger partial charge is 0.407 e. The molecule has 0 saturated heterocycles. The zero-order chi connectivity index (χ0) is 26.4. The number of rotatable bonds is 11. The predicted molar refractivity (Wildman–Crippen MR) is 149 cm³/mol. The number of benzene rings is 2. The van der Waals surface area contributed by atoms with Crippen molar-refractivity contribution in [1.82, 2.24) is 10.6 Å². The third-order valence-corrected chi connectivity index (χ3v) is 8.36. The highest BCUT2D eigenvalue weighted by Crippen LogP contribution is 2.45. The Bertz CT molecular complexity index is 1170. The summed E-state index contributed by atoms with van der Waals surface area (Å²) in [5.41, 5.74) is 9.04. The van der Waals surface area contributed by atoms with Gasteiger partial charge in [0, 0.05) is 30.8 Å². The van der Waals surface area contributed by atoms with Crippen molar-refractivity contribution < 1.29 is 14.3 Å². The Balaban J connectivity index is 1.09. The van der Waals surface area contributed by atoms with Gasteiger partial charge in [0.15, 0.2) is 0 Å². The van der Waals surface area contributed by atoms with Crippen LogP contribution < -0.4 is 10.6 Å². The van der Waals surface area contributed by atoms with Crippen LogP contribution in [0, 0.1) is 5.41 Å². The summed E-state index contributed by atoms with van der Waals surface area (Å²) < 4.78 is 5.58. The number of amides is 2. The van der Waals surface area contributed by atoms with Crippen molar-refractivity contribution in [2.75, 3.05) is 19.7 Å². The topological polar surface area (TPSA) is 67.4 Å². The number of allylic oxidation sites excluding steroid dienone is 4. The Kier molecular flexibility index (Phi) is 8.52. The van der Waals surface area contributed by atoms with Gasteiger partial charge in [0.25, 0.3) is 0 Å². The molecule has 2 aromatic carbocycles. The fourth-order valence-electron chi connectivity index (χ4n) is 5.68. The van der Waals surface area contributed by atoms with E-state index in [9.17, 15) is 9.59 Å². The minimum absolute atomic E-state index is 0.0577. The van der Waals surface area contributed by atoms with Crippen molar-refractivity contribution in [3.8, 4) is 11.1 Å². The zero-order valence-corrected chi connectivity index (χ0v) is 22.7. The molecule has 0 spiro atoms. The summed E-state index contributed by atoms with van der Waals surface area (Å²) in [5.74, 6) is 0.169. The number of hydrogen-bond acceptors (Lipinski definition) is 3. The molecule has 4 rings (SSSR count). The maximum atomic E-state index is 12.3. The summed E-state index contributed by atoms with van der Waals surface area (Å²) in [6.07, 6.45) is 5.84. The van der Waals surface area contributed by atoms with Crippen LogP contribution >= 0.6 is 0 Å². The van der Waals surface area contributed by atoms with Crippen molar-refractivity contribution in [2.45, 2.75) is 65.7 Å². The number of alkyl carbamates (subject to hydrolysis) is 1. The van der Waals surface area contributed by atoms with Gasteiger partial charge in [-0.3, -0.25) is 4.79 Å². The molecule has 2 aliphatic rings. The molecule has 1 unspecified atom stereocenters. The summed E-state index contributed by atoms with van der Waals surface area (Å²) >= 11 is 0. The van der Waals surface area contributed by atoms with Gasteiger partial charge in [0.2, 0.25) is 5.91 Å². The molecule has 2 aliphatic carbocycles. The van der Waals surface area contributed by atoms with E-state index >= 15 is 0 Å². The van der Waals surface area contributed by atoms with E-state index in [4.69, 9.17) is 4.74 Å². The van der Waals surface area contributed by atoms with Gasteiger partial charge in [-0.15, -0.1) is 0 Å². The maximum absolute atomic E-state index is 12.3. The zero-order valence-electron chi connectivity index (χ0n) is 22.7. The molecule has 2 amide bonds. The SMILES string of the molecule is CC1=CC(C)=C(C)C1(C)CCNC(=O)CCCCCNC(=O)OCC1c2ccccc2-c2ccccc21. The molecule has 0 radical (unpaired) electrons. The lowest BCUT2D eigenvalue weighted by atomic mass is 9.77. The highest BCUT2D eigenvalue weighted by molar-refractivity contribution is 5.79. The molecule has 1 atom stereocenters. The van der Waals surface area contributed by atoms with Gasteiger partial charge in [-0.2, -0.15) is 0 Å². The molecule has 37 heavy (non-hydrogen) atoms. The van der Waals surface area contributed by atoms with Crippen LogP contribution in [0.1, 0.15) is 76.8 Å². The van der Waals surface area contributed by atoms with Crippen molar-refractivity contribution >= 4 is 12.0 Å². The number of hydrogen-bond donors (Lipinski definition) is 2. The van der Waals surface area contributed by atoms with Crippen LogP contribution in [0.5, 0.6) is 0 Å². The van der Waals surface area contributed by atoms with Gasteiger partial charge in [0.05, 0.1) is 0 Å². The Morgan fingerprint density at radius 3 is 2.14 bits per heavy atom. The molecule has 0 fully saturated rings. The monoisotopic (exact) mass is 500 g/mol. The van der Waals surface area contributed by atoms with E-state index in [1.54, 1.807) is 0 Å². The third-order valence-electron chi connectivity index (χ3n) is 8.36. The maximum Gasteiger partial charge on any atom is 0.407 e. The molecule has 196 valence electrons. The van der Waals surface area contributed by atoms with E-state index < -0.39 is 0 Å². The Morgan fingerprint density at radius 1 is 0.865 bits per heavy atom. The number of fused-ring (bicyclic) bond motifs is 3. The molecule has 0 heterocycles. The molecule has 5 heteroatoms. The van der Waals surface area contributed by atoms with Crippen LogP contribution in [0.25, 0.3) is 11.1 Å². The molecular weight excluding hydrogens is 460 g/mol. The first kappa shape index (κ1) is 26.7. The van der Waals surface area contributed by atoms with Crippen LogP contribution in [0.2, 0.25) is 0 Å². The van der Waals surface area contributed by atoms with E-state index in [2.05, 4.69) is 68.7 Å². The molecule has 0 bridgehead atoms. The third kappa shape index (κ3) is 5.98. The van der Waals surface area contributed by atoms with Crippen LogP contribution in [-0.4, -0.2) is 31.7 Å².